The summed E-state index contributed by atoms with van der Waals surface area (Å²) in [6.07, 6.45) is 2.03. The molecule has 7 nitrogen and oxygen atoms in total. The molecule has 0 radical (unpaired) electrons. The predicted octanol–water partition coefficient (Wildman–Crippen LogP) is 5.32. The van der Waals surface area contributed by atoms with E-state index in [9.17, 15) is 14.7 Å². The molecule has 1 aliphatic carbocycles. The normalized spacial score (nSPS) is 14.2. The number of para-hydroxylation sites is 1. The van der Waals surface area contributed by atoms with Crippen LogP contribution in [0.15, 0.2) is 52.0 Å². The second-order valence-electron chi connectivity index (χ2n) is 7.31. The van der Waals surface area contributed by atoms with E-state index in [-0.39, 0.29) is 17.1 Å². The van der Waals surface area contributed by atoms with Crippen LogP contribution in [0, 0.1) is 6.92 Å². The Kier molecular flexibility index (Phi) is 6.21. The fraction of sp³-hybridized carbons (Fsp3) is 0.174. The number of hydrazone groups is 1. The summed E-state index contributed by atoms with van der Waals surface area (Å²) in [5.41, 5.74) is 5.06. The van der Waals surface area contributed by atoms with Crippen molar-refractivity contribution in [3.05, 3.63) is 80.7 Å². The number of halogens is 2. The summed E-state index contributed by atoms with van der Waals surface area (Å²) in [5, 5.41) is 17.6. The number of nitrogens with zero attached hydrogens (tertiary/aromatic N) is 1. The molecule has 0 unspecified atom stereocenters. The summed E-state index contributed by atoms with van der Waals surface area (Å²) in [7, 11) is 0. The number of fused-ring (bicyclic) bond motifs is 1. The second kappa shape index (κ2) is 9.06. The average molecular weight is 472 g/mol. The van der Waals surface area contributed by atoms with Crippen LogP contribution in [0.5, 0.6) is 5.75 Å². The molecule has 0 fully saturated rings. The van der Waals surface area contributed by atoms with Gasteiger partial charge < -0.3 is 14.8 Å². The Morgan fingerprint density at radius 1 is 1.06 bits per heavy atom. The van der Waals surface area contributed by atoms with Crippen LogP contribution in [0.4, 0.5) is 5.69 Å². The van der Waals surface area contributed by atoms with Crippen LogP contribution in [0.25, 0.3) is 0 Å². The minimum atomic E-state index is -0.526. The number of carbonyl (C=O) groups excluding carboxylic acids is 2. The minimum Gasteiger partial charge on any atom is -0.507 e. The number of benzene rings is 2. The standard InChI is InChI=1S/C23H19Cl2N3O4/c1-12-20-17(27-28-22(30)14-5-2-3-7-18(14)29)6-4-8-19(20)32-21(12)23(31)26-13-9-10-15(24)16(25)11-13/h2-3,5,7,9-11,29H,4,6,8H2,1H3,(H,26,31)(H,28,30)/b27-17+. The van der Waals surface area contributed by atoms with Crippen molar-refractivity contribution in [2.75, 3.05) is 5.32 Å². The van der Waals surface area contributed by atoms with Crippen molar-refractivity contribution in [2.24, 2.45) is 5.10 Å². The number of furan rings is 1. The van der Waals surface area contributed by atoms with Gasteiger partial charge in [-0.1, -0.05) is 35.3 Å². The van der Waals surface area contributed by atoms with Crippen molar-refractivity contribution < 1.29 is 19.1 Å². The van der Waals surface area contributed by atoms with E-state index < -0.39 is 11.8 Å². The van der Waals surface area contributed by atoms with Crippen LogP contribution in [0.3, 0.4) is 0 Å². The molecule has 1 heterocycles. The van der Waals surface area contributed by atoms with E-state index in [0.717, 1.165) is 6.42 Å². The number of phenolic OH excluding ortho intramolecular Hbond substituents is 1. The van der Waals surface area contributed by atoms with Gasteiger partial charge in [0.15, 0.2) is 5.76 Å². The second-order valence-corrected chi connectivity index (χ2v) is 8.12. The molecule has 0 saturated carbocycles. The Bertz CT molecular complexity index is 1250. The molecule has 1 aliphatic rings. The van der Waals surface area contributed by atoms with Gasteiger partial charge in [-0.15, -0.1) is 0 Å². The molecule has 0 atom stereocenters. The fourth-order valence-electron chi connectivity index (χ4n) is 3.60. The molecule has 164 valence electrons. The maximum absolute atomic E-state index is 12.8. The summed E-state index contributed by atoms with van der Waals surface area (Å²) in [5.74, 6) is -0.268. The highest BCUT2D eigenvalue weighted by molar-refractivity contribution is 6.42. The Balaban J connectivity index is 1.57. The maximum atomic E-state index is 12.8. The van der Waals surface area contributed by atoms with Gasteiger partial charge >= 0.3 is 0 Å². The van der Waals surface area contributed by atoms with Crippen molar-refractivity contribution in [2.45, 2.75) is 26.2 Å². The maximum Gasteiger partial charge on any atom is 0.291 e. The van der Waals surface area contributed by atoms with E-state index in [4.69, 9.17) is 27.6 Å². The molecular formula is C23H19Cl2N3O4. The molecule has 2 aromatic carbocycles. The van der Waals surface area contributed by atoms with Gasteiger partial charge in [0, 0.05) is 23.2 Å². The van der Waals surface area contributed by atoms with Gasteiger partial charge in [0.2, 0.25) is 0 Å². The topological polar surface area (TPSA) is 104 Å². The van der Waals surface area contributed by atoms with Crippen LogP contribution >= 0.6 is 23.2 Å². The first-order valence-corrected chi connectivity index (χ1v) is 10.6. The molecule has 1 aromatic heterocycles. The Morgan fingerprint density at radius 3 is 2.59 bits per heavy atom. The predicted molar refractivity (Wildman–Crippen MR) is 123 cm³/mol. The number of nitrogens with one attached hydrogen (secondary N) is 2. The SMILES string of the molecule is Cc1c(C(=O)Nc2ccc(Cl)c(Cl)c2)oc2c1/C(=N/NC(=O)c1ccccc1O)CCC2. The summed E-state index contributed by atoms with van der Waals surface area (Å²) in [6, 6.07) is 11.0. The summed E-state index contributed by atoms with van der Waals surface area (Å²) < 4.78 is 5.86. The highest BCUT2D eigenvalue weighted by atomic mass is 35.5. The van der Waals surface area contributed by atoms with Gasteiger partial charge in [0.05, 0.1) is 21.3 Å². The number of phenols is 1. The lowest BCUT2D eigenvalue weighted by molar-refractivity contribution is 0.0950. The van der Waals surface area contributed by atoms with E-state index in [2.05, 4.69) is 15.8 Å². The zero-order valence-corrected chi connectivity index (χ0v) is 18.5. The first kappa shape index (κ1) is 21.9. The number of carbonyl (C=O) groups is 2. The van der Waals surface area contributed by atoms with E-state index in [1.54, 1.807) is 37.3 Å². The number of hydrogen-bond donors (Lipinski definition) is 3. The van der Waals surface area contributed by atoms with Crippen LogP contribution in [-0.2, 0) is 6.42 Å². The highest BCUT2D eigenvalue weighted by Gasteiger charge is 2.28. The molecule has 0 aliphatic heterocycles. The number of aryl methyl sites for hydroxylation is 1. The van der Waals surface area contributed by atoms with Crippen molar-refractivity contribution in [1.29, 1.82) is 0 Å². The number of aromatic hydroxyl groups is 1. The quantitative estimate of drug-likeness (QED) is 0.447. The number of amides is 2. The highest BCUT2D eigenvalue weighted by Crippen LogP contribution is 2.31. The average Bonchev–Trinajstić information content (AvgIpc) is 3.12. The van der Waals surface area contributed by atoms with E-state index >= 15 is 0 Å². The molecule has 0 spiro atoms. The van der Waals surface area contributed by atoms with Gasteiger partial charge in [0.25, 0.3) is 11.8 Å². The Morgan fingerprint density at radius 2 is 1.84 bits per heavy atom. The molecule has 32 heavy (non-hydrogen) atoms. The Hall–Kier alpha value is -3.29. The molecule has 9 heteroatoms. The van der Waals surface area contributed by atoms with Crippen molar-refractivity contribution in [3.63, 3.8) is 0 Å². The summed E-state index contributed by atoms with van der Waals surface area (Å²) >= 11 is 11.9. The van der Waals surface area contributed by atoms with Gasteiger partial charge in [-0.05, 0) is 50.1 Å². The monoisotopic (exact) mass is 471 g/mol. The molecule has 3 N–H and O–H groups in total. The largest absolute Gasteiger partial charge is 0.507 e. The molecule has 0 saturated heterocycles. The van der Waals surface area contributed by atoms with Gasteiger partial charge in [-0.25, -0.2) is 5.43 Å². The number of hydrogen-bond acceptors (Lipinski definition) is 5. The third-order valence-electron chi connectivity index (χ3n) is 5.15. The number of rotatable bonds is 4. The lowest BCUT2D eigenvalue weighted by Gasteiger charge is -2.13. The molecule has 0 bridgehead atoms. The van der Waals surface area contributed by atoms with E-state index in [1.807, 2.05) is 0 Å². The third-order valence-corrected chi connectivity index (χ3v) is 5.89. The first-order valence-electron chi connectivity index (χ1n) is 9.89. The van der Waals surface area contributed by atoms with Gasteiger partial charge in [0.1, 0.15) is 11.5 Å². The van der Waals surface area contributed by atoms with Crippen LogP contribution in [-0.4, -0.2) is 22.6 Å². The van der Waals surface area contributed by atoms with Gasteiger partial charge in [-0.3, -0.25) is 9.59 Å². The first-order chi connectivity index (χ1) is 15.3. The summed E-state index contributed by atoms with van der Waals surface area (Å²) in [6.45, 7) is 1.78. The molecule has 3 aromatic rings. The lowest BCUT2D eigenvalue weighted by atomic mass is 9.93. The molecule has 4 rings (SSSR count). The van der Waals surface area contributed by atoms with Crippen LogP contribution in [0.2, 0.25) is 10.0 Å². The third kappa shape index (κ3) is 4.35. The van der Waals surface area contributed by atoms with Crippen LogP contribution in [0.1, 0.15) is 50.6 Å². The van der Waals surface area contributed by atoms with Crippen molar-refractivity contribution in [3.8, 4) is 5.75 Å². The van der Waals surface area contributed by atoms with Crippen LogP contribution < -0.4 is 10.7 Å². The Labute approximate surface area is 194 Å². The number of anilines is 1. The zero-order valence-electron chi connectivity index (χ0n) is 17.0. The molecule has 2 amide bonds. The van der Waals surface area contributed by atoms with E-state index in [1.165, 1.54) is 12.1 Å². The van der Waals surface area contributed by atoms with Crippen molar-refractivity contribution >= 4 is 46.4 Å². The fourth-order valence-corrected chi connectivity index (χ4v) is 3.90. The van der Waals surface area contributed by atoms with E-state index in [0.29, 0.717) is 51.2 Å². The lowest BCUT2D eigenvalue weighted by Crippen LogP contribution is -2.22. The van der Waals surface area contributed by atoms with Crippen molar-refractivity contribution in [1.82, 2.24) is 5.43 Å². The minimum absolute atomic E-state index is 0.124. The van der Waals surface area contributed by atoms with Gasteiger partial charge in [-0.2, -0.15) is 5.10 Å². The molecular weight excluding hydrogens is 453 g/mol. The smallest absolute Gasteiger partial charge is 0.291 e. The zero-order chi connectivity index (χ0) is 22.8. The summed E-state index contributed by atoms with van der Waals surface area (Å²) in [4.78, 5) is 25.2.